The molecule has 1 aliphatic rings. The lowest BCUT2D eigenvalue weighted by molar-refractivity contribution is -0.124. The van der Waals surface area contributed by atoms with Crippen molar-refractivity contribution in [3.8, 4) is 0 Å². The summed E-state index contributed by atoms with van der Waals surface area (Å²) >= 11 is 3.29. The van der Waals surface area contributed by atoms with Gasteiger partial charge in [-0.2, -0.15) is 0 Å². The number of amides is 1. The van der Waals surface area contributed by atoms with Crippen molar-refractivity contribution < 1.29 is 14.3 Å². The second-order valence-corrected chi connectivity index (χ2v) is 6.83. The molecule has 3 rings (SSSR count). The van der Waals surface area contributed by atoms with Crippen LogP contribution in [-0.2, 0) is 14.9 Å². The molecule has 4 nitrogen and oxygen atoms in total. The van der Waals surface area contributed by atoms with Crippen molar-refractivity contribution >= 4 is 27.8 Å². The van der Waals surface area contributed by atoms with Crippen molar-refractivity contribution in [3.63, 3.8) is 0 Å². The van der Waals surface area contributed by atoms with Gasteiger partial charge in [0.25, 0.3) is 5.91 Å². The molecular formula is C19H18BrNO3. The summed E-state index contributed by atoms with van der Waals surface area (Å²) in [6.45, 7) is 0.299. The third-order valence-electron chi connectivity index (χ3n) is 4.29. The summed E-state index contributed by atoms with van der Waals surface area (Å²) in [6.07, 6.45) is 2.13. The molecule has 0 unspecified atom stereocenters. The van der Waals surface area contributed by atoms with Gasteiger partial charge in [0.1, 0.15) is 0 Å². The lowest BCUT2D eigenvalue weighted by Crippen LogP contribution is -2.35. The van der Waals surface area contributed by atoms with Crippen LogP contribution < -0.4 is 5.32 Å². The van der Waals surface area contributed by atoms with Gasteiger partial charge in [0.15, 0.2) is 6.61 Å². The zero-order chi connectivity index (χ0) is 17.0. The van der Waals surface area contributed by atoms with Crippen molar-refractivity contribution in [3.05, 3.63) is 70.2 Å². The van der Waals surface area contributed by atoms with Gasteiger partial charge in [-0.25, -0.2) is 4.79 Å². The highest BCUT2D eigenvalue weighted by Gasteiger charge is 2.44. The summed E-state index contributed by atoms with van der Waals surface area (Å²) in [5.41, 5.74) is 1.70. The Morgan fingerprint density at radius 3 is 2.38 bits per heavy atom. The average Bonchev–Trinajstić information content (AvgIpc) is 3.40. The predicted octanol–water partition coefficient (Wildman–Crippen LogP) is 3.45. The van der Waals surface area contributed by atoms with E-state index >= 15 is 0 Å². The van der Waals surface area contributed by atoms with Gasteiger partial charge in [-0.1, -0.05) is 42.5 Å². The summed E-state index contributed by atoms with van der Waals surface area (Å²) in [4.78, 5) is 23.9. The van der Waals surface area contributed by atoms with Crippen LogP contribution >= 0.6 is 15.9 Å². The first-order valence-corrected chi connectivity index (χ1v) is 8.64. The van der Waals surface area contributed by atoms with E-state index in [2.05, 4.69) is 33.4 Å². The highest BCUT2D eigenvalue weighted by atomic mass is 79.9. The fourth-order valence-electron chi connectivity index (χ4n) is 2.66. The van der Waals surface area contributed by atoms with Gasteiger partial charge >= 0.3 is 5.97 Å². The molecule has 2 aromatic rings. The minimum Gasteiger partial charge on any atom is -0.452 e. The molecule has 0 saturated heterocycles. The molecule has 24 heavy (non-hydrogen) atoms. The Labute approximate surface area is 149 Å². The highest BCUT2D eigenvalue weighted by Crippen LogP contribution is 2.47. The maximum absolute atomic E-state index is 12.0. The van der Waals surface area contributed by atoms with E-state index in [1.165, 1.54) is 5.56 Å². The van der Waals surface area contributed by atoms with Crippen molar-refractivity contribution in [1.82, 2.24) is 5.32 Å². The van der Waals surface area contributed by atoms with Gasteiger partial charge < -0.3 is 10.1 Å². The molecule has 1 saturated carbocycles. The van der Waals surface area contributed by atoms with Crippen LogP contribution in [0, 0.1) is 0 Å². The molecule has 0 bridgehead atoms. The Morgan fingerprint density at radius 1 is 1.04 bits per heavy atom. The molecule has 0 heterocycles. The number of carbonyl (C=O) groups is 2. The number of benzene rings is 2. The highest BCUT2D eigenvalue weighted by molar-refractivity contribution is 9.10. The summed E-state index contributed by atoms with van der Waals surface area (Å²) < 4.78 is 5.73. The fraction of sp³-hybridized carbons (Fsp3) is 0.263. The van der Waals surface area contributed by atoms with E-state index in [-0.39, 0.29) is 17.9 Å². The Balaban J connectivity index is 1.49. The van der Waals surface area contributed by atoms with E-state index in [4.69, 9.17) is 4.74 Å². The summed E-state index contributed by atoms with van der Waals surface area (Å²) in [6, 6.07) is 17.2. The predicted molar refractivity (Wildman–Crippen MR) is 94.8 cm³/mol. The molecule has 0 spiro atoms. The number of rotatable bonds is 6. The lowest BCUT2D eigenvalue weighted by Gasteiger charge is -2.16. The number of nitrogens with one attached hydrogen (secondary N) is 1. The Kier molecular flexibility index (Phi) is 5.00. The van der Waals surface area contributed by atoms with Crippen LogP contribution in [0.1, 0.15) is 28.8 Å². The molecule has 2 aromatic carbocycles. The van der Waals surface area contributed by atoms with E-state index in [1.807, 2.05) is 24.3 Å². The zero-order valence-electron chi connectivity index (χ0n) is 13.1. The number of ether oxygens (including phenoxy) is 1. The molecule has 0 aliphatic heterocycles. The number of hydrogen-bond donors (Lipinski definition) is 1. The molecule has 1 N–H and O–H groups in total. The molecule has 124 valence electrons. The van der Waals surface area contributed by atoms with Crippen molar-refractivity contribution in [2.45, 2.75) is 18.3 Å². The normalized spacial score (nSPS) is 14.7. The second kappa shape index (κ2) is 7.18. The monoisotopic (exact) mass is 387 g/mol. The van der Waals surface area contributed by atoms with Gasteiger partial charge in [-0.15, -0.1) is 0 Å². The van der Waals surface area contributed by atoms with E-state index in [0.29, 0.717) is 16.6 Å². The van der Waals surface area contributed by atoms with Gasteiger partial charge in [0.05, 0.1) is 5.56 Å². The van der Waals surface area contributed by atoms with Crippen molar-refractivity contribution in [2.75, 3.05) is 13.2 Å². The second-order valence-electron chi connectivity index (χ2n) is 5.98. The van der Waals surface area contributed by atoms with E-state index < -0.39 is 5.97 Å². The Morgan fingerprint density at radius 2 is 1.71 bits per heavy atom. The summed E-state index contributed by atoms with van der Waals surface area (Å²) in [7, 11) is 0. The van der Waals surface area contributed by atoms with Crippen LogP contribution in [0.2, 0.25) is 0 Å². The first kappa shape index (κ1) is 16.7. The summed E-state index contributed by atoms with van der Waals surface area (Å²) in [5, 5.41) is 2.88. The first-order valence-electron chi connectivity index (χ1n) is 7.85. The third-order valence-corrected chi connectivity index (χ3v) is 4.98. The number of hydrogen-bond acceptors (Lipinski definition) is 3. The van der Waals surface area contributed by atoms with Crippen LogP contribution in [0.15, 0.2) is 59.1 Å². The van der Waals surface area contributed by atoms with Crippen LogP contribution in [0.3, 0.4) is 0 Å². The Bertz CT molecular complexity index is 741. The number of esters is 1. The smallest absolute Gasteiger partial charge is 0.339 e. The number of carbonyl (C=O) groups excluding carboxylic acids is 2. The molecule has 0 aromatic heterocycles. The maximum Gasteiger partial charge on any atom is 0.339 e. The van der Waals surface area contributed by atoms with E-state index in [9.17, 15) is 9.59 Å². The SMILES string of the molecule is O=C(COC(=O)c1ccccc1Br)NCC1(c2ccccc2)CC1. The van der Waals surface area contributed by atoms with Crippen LogP contribution in [-0.4, -0.2) is 25.0 Å². The molecule has 1 fully saturated rings. The molecular weight excluding hydrogens is 370 g/mol. The molecule has 0 radical (unpaired) electrons. The molecule has 0 atom stereocenters. The standard InChI is InChI=1S/C19H18BrNO3/c20-16-9-5-4-8-15(16)18(23)24-12-17(22)21-13-19(10-11-19)14-6-2-1-3-7-14/h1-9H,10-13H2,(H,21,22). The van der Waals surface area contributed by atoms with Crippen molar-refractivity contribution in [1.29, 1.82) is 0 Å². The largest absolute Gasteiger partial charge is 0.452 e. The van der Waals surface area contributed by atoms with Gasteiger partial charge in [0, 0.05) is 16.4 Å². The summed E-state index contributed by atoms with van der Waals surface area (Å²) in [5.74, 6) is -0.792. The molecule has 5 heteroatoms. The lowest BCUT2D eigenvalue weighted by atomic mass is 9.96. The number of halogens is 1. The van der Waals surface area contributed by atoms with Crippen LogP contribution in [0.4, 0.5) is 0 Å². The fourth-order valence-corrected chi connectivity index (χ4v) is 3.11. The first-order chi connectivity index (χ1) is 11.6. The van der Waals surface area contributed by atoms with Gasteiger partial charge in [0.2, 0.25) is 0 Å². The van der Waals surface area contributed by atoms with Crippen LogP contribution in [0.5, 0.6) is 0 Å². The van der Waals surface area contributed by atoms with Crippen molar-refractivity contribution in [2.24, 2.45) is 0 Å². The van der Waals surface area contributed by atoms with E-state index in [1.54, 1.807) is 18.2 Å². The van der Waals surface area contributed by atoms with Crippen LogP contribution in [0.25, 0.3) is 0 Å². The van der Waals surface area contributed by atoms with E-state index in [0.717, 1.165) is 12.8 Å². The third kappa shape index (κ3) is 3.85. The zero-order valence-corrected chi connectivity index (χ0v) is 14.7. The average molecular weight is 388 g/mol. The minimum atomic E-state index is -0.512. The topological polar surface area (TPSA) is 55.4 Å². The van der Waals surface area contributed by atoms with Gasteiger partial charge in [-0.3, -0.25) is 4.79 Å². The quantitative estimate of drug-likeness (QED) is 0.772. The molecule has 1 aliphatic carbocycles. The Hall–Kier alpha value is -2.14. The molecule has 1 amide bonds. The maximum atomic E-state index is 12.0. The minimum absolute atomic E-state index is 0.0450. The van der Waals surface area contributed by atoms with Gasteiger partial charge in [-0.05, 0) is 46.5 Å².